The fourth-order valence-corrected chi connectivity index (χ4v) is 6.28. The number of phenolic OH excluding ortho intramolecular Hbond substituents is 1. The molecule has 1 unspecified atom stereocenters. The number of nitrogens with two attached hydrogens (primary N) is 1. The molecule has 0 aromatic heterocycles. The Labute approximate surface area is 237 Å². The molecular formula is C28H38N6O7. The summed E-state index contributed by atoms with van der Waals surface area (Å²) >= 11 is 0. The van der Waals surface area contributed by atoms with Crippen LogP contribution < -0.4 is 21.3 Å². The minimum atomic E-state index is -2.71. The van der Waals surface area contributed by atoms with Gasteiger partial charge in [0.25, 0.3) is 5.91 Å². The molecule has 3 aliphatic carbocycles. The zero-order chi connectivity index (χ0) is 30.7. The highest BCUT2D eigenvalue weighted by molar-refractivity contribution is 6.25. The molecule has 13 nitrogen and oxygen atoms in total. The molecule has 0 fully saturated rings. The van der Waals surface area contributed by atoms with Gasteiger partial charge >= 0.3 is 0 Å². The van der Waals surface area contributed by atoms with Crippen molar-refractivity contribution in [3.8, 4) is 5.75 Å². The summed E-state index contributed by atoms with van der Waals surface area (Å²) in [6.45, 7) is 4.44. The summed E-state index contributed by atoms with van der Waals surface area (Å²) in [6, 6.07) is 0.569. The number of hydrogen-bond donors (Lipinski definition) is 8. The van der Waals surface area contributed by atoms with Crippen LogP contribution in [-0.4, -0.2) is 95.1 Å². The Bertz CT molecular complexity index is 1410. The first kappa shape index (κ1) is 29.9. The summed E-state index contributed by atoms with van der Waals surface area (Å²) in [5.74, 6) is -6.95. The Kier molecular flexibility index (Phi) is 7.56. The normalized spacial score (nSPS) is 25.6. The summed E-state index contributed by atoms with van der Waals surface area (Å²) in [5, 5.41) is 59.3. The highest BCUT2D eigenvalue weighted by atomic mass is 16.3. The summed E-state index contributed by atoms with van der Waals surface area (Å²) in [4.78, 5) is 42.9. The SMILES string of the molecule is CC(C)CNC(=N)Nc1cc(N(C)C)c2c(c1O)C(=O)C1=C(O)[C@]3(O)C(=O)C(C(N)=O)=C(O)C(N(C)C)[C@@H]3C[C@@H]1C2. The van der Waals surface area contributed by atoms with Gasteiger partial charge in [0.05, 0.1) is 17.3 Å². The predicted octanol–water partition coefficient (Wildman–Crippen LogP) is 0.779. The highest BCUT2D eigenvalue weighted by Crippen LogP contribution is 2.53. The number of carbonyl (C=O) groups is 3. The van der Waals surface area contributed by atoms with E-state index in [1.807, 2.05) is 13.8 Å². The number of nitrogens with zero attached hydrogens (tertiary/aromatic N) is 2. The molecular weight excluding hydrogens is 532 g/mol. The van der Waals surface area contributed by atoms with E-state index in [9.17, 15) is 34.8 Å². The maximum Gasteiger partial charge on any atom is 0.255 e. The van der Waals surface area contributed by atoms with E-state index in [0.29, 0.717) is 17.8 Å². The number of amides is 1. The fourth-order valence-electron chi connectivity index (χ4n) is 6.28. The number of anilines is 2. The Hall–Kier alpha value is -4.10. The van der Waals surface area contributed by atoms with Crippen molar-refractivity contribution >= 4 is 34.8 Å². The van der Waals surface area contributed by atoms with E-state index in [1.54, 1.807) is 39.2 Å². The van der Waals surface area contributed by atoms with Gasteiger partial charge in [0, 0.05) is 37.8 Å². The molecule has 3 aliphatic rings. The number of allylic oxidation sites excluding steroid dienone is 1. The summed E-state index contributed by atoms with van der Waals surface area (Å²) in [5.41, 5.74) is 2.62. The molecule has 0 bridgehead atoms. The second kappa shape index (κ2) is 10.4. The maximum absolute atomic E-state index is 14.0. The smallest absolute Gasteiger partial charge is 0.255 e. The standard InChI is InChI=1S/C28H38N6O7/c1-11(2)10-31-27(30)32-15-9-16(33(3)4)13-7-12-8-14-20(34(5)6)23(37)19(26(29)40)25(39)28(14,41)24(38)17(12)22(36)18(13)21(15)35/h9,11-12,14,20,35,37-38,41H,7-8,10H2,1-6H3,(H2,29,40)(H3,30,31,32)/t12-,14-,20?,28-/m0/s1. The van der Waals surface area contributed by atoms with Crippen molar-refractivity contribution in [1.82, 2.24) is 10.2 Å². The van der Waals surface area contributed by atoms with Crippen molar-refractivity contribution in [3.05, 3.63) is 39.9 Å². The van der Waals surface area contributed by atoms with E-state index >= 15 is 0 Å². The van der Waals surface area contributed by atoms with Gasteiger partial charge in [-0.15, -0.1) is 0 Å². The molecule has 13 heteroatoms. The summed E-state index contributed by atoms with van der Waals surface area (Å²) in [7, 11) is 6.69. The van der Waals surface area contributed by atoms with Gasteiger partial charge in [-0.25, -0.2) is 0 Å². The lowest BCUT2D eigenvalue weighted by atomic mass is 9.58. The van der Waals surface area contributed by atoms with Gasteiger partial charge in [0.2, 0.25) is 5.78 Å². The molecule has 4 atom stereocenters. The molecule has 1 aromatic carbocycles. The van der Waals surface area contributed by atoms with Crippen molar-refractivity contribution in [2.75, 3.05) is 45.0 Å². The van der Waals surface area contributed by atoms with Crippen LogP contribution in [0.4, 0.5) is 11.4 Å². The van der Waals surface area contributed by atoms with Crippen LogP contribution in [0, 0.1) is 23.2 Å². The van der Waals surface area contributed by atoms with Gasteiger partial charge in [-0.05, 0) is 50.4 Å². The second-order valence-electron chi connectivity index (χ2n) is 11.8. The van der Waals surface area contributed by atoms with Gasteiger partial charge in [-0.3, -0.25) is 24.7 Å². The van der Waals surface area contributed by atoms with Crippen LogP contribution in [0.2, 0.25) is 0 Å². The molecule has 0 saturated carbocycles. The quantitative estimate of drug-likeness (QED) is 0.104. The maximum atomic E-state index is 14.0. The van der Waals surface area contributed by atoms with E-state index < -0.39 is 63.8 Å². The Morgan fingerprint density at radius 1 is 1.20 bits per heavy atom. The molecule has 41 heavy (non-hydrogen) atoms. The monoisotopic (exact) mass is 570 g/mol. The molecule has 0 aliphatic heterocycles. The number of primary amides is 1. The number of phenols is 1. The minimum Gasteiger partial charge on any atom is -0.510 e. The van der Waals surface area contributed by atoms with Crippen LogP contribution in [0.15, 0.2) is 28.7 Å². The van der Waals surface area contributed by atoms with Crippen LogP contribution in [0.1, 0.15) is 36.2 Å². The number of carbonyl (C=O) groups excluding carboxylic acids is 3. The van der Waals surface area contributed by atoms with Crippen molar-refractivity contribution < 1.29 is 34.8 Å². The number of ketones is 2. The molecule has 0 heterocycles. The van der Waals surface area contributed by atoms with E-state index in [0.717, 1.165) is 0 Å². The number of fused-ring (bicyclic) bond motifs is 3. The minimum absolute atomic E-state index is 0.00314. The van der Waals surface area contributed by atoms with Gasteiger partial charge in [0.1, 0.15) is 17.1 Å². The van der Waals surface area contributed by atoms with E-state index in [4.69, 9.17) is 11.1 Å². The van der Waals surface area contributed by atoms with Crippen LogP contribution in [0.25, 0.3) is 0 Å². The average Bonchev–Trinajstić information content (AvgIpc) is 2.85. The molecule has 222 valence electrons. The number of benzene rings is 1. The van der Waals surface area contributed by atoms with Crippen LogP contribution >= 0.6 is 0 Å². The van der Waals surface area contributed by atoms with E-state index in [2.05, 4.69) is 10.6 Å². The van der Waals surface area contributed by atoms with Crippen molar-refractivity contribution in [2.45, 2.75) is 38.3 Å². The molecule has 9 N–H and O–H groups in total. The Morgan fingerprint density at radius 2 is 1.83 bits per heavy atom. The fraction of sp³-hybridized carbons (Fsp3) is 0.500. The van der Waals surface area contributed by atoms with Crippen LogP contribution in [0.3, 0.4) is 0 Å². The van der Waals surface area contributed by atoms with Crippen LogP contribution in [0.5, 0.6) is 5.75 Å². The predicted molar refractivity (Wildman–Crippen MR) is 152 cm³/mol. The zero-order valence-electron chi connectivity index (χ0n) is 24.0. The third-order valence-electron chi connectivity index (χ3n) is 8.13. The number of likely N-dealkylation sites (N-methyl/N-ethyl adjacent to an activating group) is 1. The lowest BCUT2D eigenvalue weighted by molar-refractivity contribution is -0.148. The zero-order valence-corrected chi connectivity index (χ0v) is 24.0. The lowest BCUT2D eigenvalue weighted by Gasteiger charge is -2.50. The third-order valence-corrected chi connectivity index (χ3v) is 8.13. The van der Waals surface area contributed by atoms with Crippen molar-refractivity contribution in [2.24, 2.45) is 23.5 Å². The van der Waals surface area contributed by atoms with Gasteiger partial charge in [-0.2, -0.15) is 0 Å². The number of aliphatic hydroxyl groups is 3. The number of aliphatic hydroxyl groups excluding tert-OH is 2. The number of nitrogens with one attached hydrogen (secondary N) is 3. The Morgan fingerprint density at radius 3 is 2.37 bits per heavy atom. The van der Waals surface area contributed by atoms with Crippen molar-refractivity contribution in [3.63, 3.8) is 0 Å². The number of guanidine groups is 1. The first-order valence-electron chi connectivity index (χ1n) is 13.3. The molecule has 4 rings (SSSR count). The molecule has 0 spiro atoms. The number of Topliss-reactive ketones (excluding diaryl/α,β-unsaturated/α-hetero) is 2. The van der Waals surface area contributed by atoms with Gasteiger partial charge in [-0.1, -0.05) is 13.8 Å². The first-order chi connectivity index (χ1) is 19.0. The number of hydrogen-bond acceptors (Lipinski definition) is 10. The van der Waals surface area contributed by atoms with E-state index in [-0.39, 0.29) is 41.5 Å². The molecule has 1 aromatic rings. The molecule has 0 saturated heterocycles. The molecule has 1 amide bonds. The topological polar surface area (TPSA) is 213 Å². The first-order valence-corrected chi connectivity index (χ1v) is 13.3. The van der Waals surface area contributed by atoms with Gasteiger partial charge < -0.3 is 41.7 Å². The number of rotatable bonds is 6. The average molecular weight is 571 g/mol. The highest BCUT2D eigenvalue weighted by Gasteiger charge is 2.63. The summed E-state index contributed by atoms with van der Waals surface area (Å²) < 4.78 is 0. The number of aromatic hydroxyl groups is 1. The lowest BCUT2D eigenvalue weighted by Crippen LogP contribution is -2.63. The summed E-state index contributed by atoms with van der Waals surface area (Å²) in [6.07, 6.45) is 0.169. The largest absolute Gasteiger partial charge is 0.510 e. The van der Waals surface area contributed by atoms with Crippen molar-refractivity contribution in [1.29, 1.82) is 5.41 Å². The second-order valence-corrected chi connectivity index (χ2v) is 11.8. The third kappa shape index (κ3) is 4.58. The molecule has 0 radical (unpaired) electrons. The van der Waals surface area contributed by atoms with Crippen LogP contribution in [-0.2, 0) is 16.0 Å². The Balaban J connectivity index is 1.89. The van der Waals surface area contributed by atoms with E-state index in [1.165, 1.54) is 4.90 Å². The van der Waals surface area contributed by atoms with Gasteiger partial charge in [0.15, 0.2) is 23.1 Å².